The van der Waals surface area contributed by atoms with Gasteiger partial charge in [0.25, 0.3) is 0 Å². The van der Waals surface area contributed by atoms with E-state index in [-0.39, 0.29) is 0 Å². The maximum absolute atomic E-state index is 10.9. The molecule has 1 aliphatic heterocycles. The van der Waals surface area contributed by atoms with Crippen LogP contribution in [0.3, 0.4) is 0 Å². The Kier molecular flexibility index (Phi) is 4.70. The molecule has 1 fully saturated rings. The van der Waals surface area contributed by atoms with Crippen LogP contribution in [0.4, 0.5) is 0 Å². The Morgan fingerprint density at radius 1 is 1.19 bits per heavy atom. The van der Waals surface area contributed by atoms with Crippen LogP contribution in [-0.2, 0) is 28.5 Å². The summed E-state index contributed by atoms with van der Waals surface area (Å²) in [7, 11) is 1.44. The SMILES string of the molecule is CO[C@H]1OCC[C@H](OC(C)=O)[C@H]1OC(C)=O. The van der Waals surface area contributed by atoms with Gasteiger partial charge in [0.15, 0.2) is 12.4 Å². The van der Waals surface area contributed by atoms with Crippen LogP contribution in [-0.4, -0.2) is 44.2 Å². The Morgan fingerprint density at radius 2 is 1.81 bits per heavy atom. The van der Waals surface area contributed by atoms with Crippen LogP contribution in [0.5, 0.6) is 0 Å². The molecule has 3 atom stereocenters. The second-order valence-electron chi connectivity index (χ2n) is 3.49. The third-order valence-electron chi connectivity index (χ3n) is 2.17. The third kappa shape index (κ3) is 3.46. The summed E-state index contributed by atoms with van der Waals surface area (Å²) < 4.78 is 20.4. The van der Waals surface area contributed by atoms with Crippen LogP contribution in [0.1, 0.15) is 20.3 Å². The first-order valence-corrected chi connectivity index (χ1v) is 5.03. The zero-order valence-corrected chi connectivity index (χ0v) is 9.60. The van der Waals surface area contributed by atoms with Gasteiger partial charge >= 0.3 is 11.9 Å². The Balaban J connectivity index is 2.69. The Hall–Kier alpha value is -1.14. The van der Waals surface area contributed by atoms with Crippen molar-refractivity contribution in [2.24, 2.45) is 0 Å². The van der Waals surface area contributed by atoms with Crippen LogP contribution < -0.4 is 0 Å². The van der Waals surface area contributed by atoms with Gasteiger partial charge in [0.1, 0.15) is 6.10 Å². The summed E-state index contributed by atoms with van der Waals surface area (Å²) in [5, 5.41) is 0. The van der Waals surface area contributed by atoms with Crippen molar-refractivity contribution in [3.8, 4) is 0 Å². The van der Waals surface area contributed by atoms with E-state index in [4.69, 9.17) is 18.9 Å². The maximum atomic E-state index is 10.9. The molecule has 0 radical (unpaired) electrons. The fourth-order valence-corrected chi connectivity index (χ4v) is 1.60. The van der Waals surface area contributed by atoms with Crippen molar-refractivity contribution in [1.29, 1.82) is 0 Å². The van der Waals surface area contributed by atoms with Gasteiger partial charge in [0.2, 0.25) is 0 Å². The summed E-state index contributed by atoms with van der Waals surface area (Å²) in [5.74, 6) is -0.881. The predicted molar refractivity (Wildman–Crippen MR) is 52.5 cm³/mol. The first-order valence-electron chi connectivity index (χ1n) is 5.03. The lowest BCUT2D eigenvalue weighted by Gasteiger charge is -2.35. The van der Waals surface area contributed by atoms with Gasteiger partial charge in [-0.05, 0) is 0 Å². The highest BCUT2D eigenvalue weighted by Crippen LogP contribution is 2.21. The summed E-state index contributed by atoms with van der Waals surface area (Å²) in [6, 6.07) is 0. The van der Waals surface area contributed by atoms with E-state index >= 15 is 0 Å². The van der Waals surface area contributed by atoms with Gasteiger partial charge in [-0.3, -0.25) is 9.59 Å². The molecule has 6 heteroatoms. The number of esters is 2. The van der Waals surface area contributed by atoms with Gasteiger partial charge in [-0.1, -0.05) is 0 Å². The van der Waals surface area contributed by atoms with Crippen LogP contribution in [0, 0.1) is 0 Å². The maximum Gasteiger partial charge on any atom is 0.303 e. The minimum Gasteiger partial charge on any atom is -0.458 e. The van der Waals surface area contributed by atoms with Gasteiger partial charge in [-0.25, -0.2) is 0 Å². The third-order valence-corrected chi connectivity index (χ3v) is 2.17. The molecule has 0 bridgehead atoms. The molecule has 1 saturated heterocycles. The van der Waals surface area contributed by atoms with Gasteiger partial charge < -0.3 is 18.9 Å². The molecule has 1 rings (SSSR count). The molecular weight excluding hydrogens is 216 g/mol. The van der Waals surface area contributed by atoms with E-state index in [0.717, 1.165) is 0 Å². The monoisotopic (exact) mass is 232 g/mol. The van der Waals surface area contributed by atoms with Crippen molar-refractivity contribution < 1.29 is 28.5 Å². The fraction of sp³-hybridized carbons (Fsp3) is 0.800. The molecule has 0 aromatic rings. The molecular formula is C10H16O6. The van der Waals surface area contributed by atoms with Crippen molar-refractivity contribution in [2.45, 2.75) is 38.8 Å². The molecule has 0 aromatic heterocycles. The van der Waals surface area contributed by atoms with Crippen molar-refractivity contribution in [3.63, 3.8) is 0 Å². The second kappa shape index (κ2) is 5.81. The second-order valence-corrected chi connectivity index (χ2v) is 3.49. The van der Waals surface area contributed by atoms with E-state index in [0.29, 0.717) is 13.0 Å². The number of carbonyl (C=O) groups excluding carboxylic acids is 2. The molecule has 0 aromatic carbocycles. The lowest BCUT2D eigenvalue weighted by atomic mass is 10.1. The molecule has 0 unspecified atom stereocenters. The van der Waals surface area contributed by atoms with Gasteiger partial charge in [0.05, 0.1) is 6.61 Å². The van der Waals surface area contributed by atoms with E-state index in [1.165, 1.54) is 21.0 Å². The van der Waals surface area contributed by atoms with Gasteiger partial charge in [-0.15, -0.1) is 0 Å². The van der Waals surface area contributed by atoms with E-state index in [1.54, 1.807) is 0 Å². The topological polar surface area (TPSA) is 71.1 Å². The van der Waals surface area contributed by atoms with Crippen molar-refractivity contribution >= 4 is 11.9 Å². The van der Waals surface area contributed by atoms with Crippen LogP contribution in [0.25, 0.3) is 0 Å². The average molecular weight is 232 g/mol. The number of rotatable bonds is 3. The molecule has 92 valence electrons. The average Bonchev–Trinajstić information content (AvgIpc) is 2.19. The van der Waals surface area contributed by atoms with E-state index < -0.39 is 30.4 Å². The number of hydrogen-bond donors (Lipinski definition) is 0. The van der Waals surface area contributed by atoms with Crippen molar-refractivity contribution in [2.75, 3.05) is 13.7 Å². The van der Waals surface area contributed by atoms with E-state index in [1.807, 2.05) is 0 Å². The highest BCUT2D eigenvalue weighted by atomic mass is 16.7. The zero-order valence-electron chi connectivity index (χ0n) is 9.60. The minimum absolute atomic E-state index is 0.397. The van der Waals surface area contributed by atoms with Gasteiger partial charge in [-0.2, -0.15) is 0 Å². The molecule has 0 aliphatic carbocycles. The molecule has 16 heavy (non-hydrogen) atoms. The molecule has 1 aliphatic rings. The quantitative estimate of drug-likeness (QED) is 0.649. The summed E-state index contributed by atoms with van der Waals surface area (Å²) in [6.07, 6.45) is -1.43. The summed E-state index contributed by atoms with van der Waals surface area (Å²) in [6.45, 7) is 2.99. The number of hydrogen-bond acceptors (Lipinski definition) is 6. The van der Waals surface area contributed by atoms with Crippen LogP contribution in [0.15, 0.2) is 0 Å². The first kappa shape index (κ1) is 12.9. The summed E-state index contributed by atoms with van der Waals surface area (Å²) in [5.41, 5.74) is 0. The highest BCUT2D eigenvalue weighted by Gasteiger charge is 2.39. The predicted octanol–water partition coefficient (Wildman–Crippen LogP) is 0.243. The van der Waals surface area contributed by atoms with Crippen molar-refractivity contribution in [3.05, 3.63) is 0 Å². The molecule has 0 N–H and O–H groups in total. The molecule has 0 amide bonds. The fourth-order valence-electron chi connectivity index (χ4n) is 1.60. The normalized spacial score (nSPS) is 29.6. The van der Waals surface area contributed by atoms with E-state index in [2.05, 4.69) is 0 Å². The standard InChI is InChI=1S/C10H16O6/c1-6(11)15-8-4-5-14-10(13-3)9(8)16-7(2)12/h8-10H,4-5H2,1-3H3/t8-,9+,10-/m0/s1. The summed E-state index contributed by atoms with van der Waals surface area (Å²) >= 11 is 0. The number of methoxy groups -OCH3 is 1. The van der Waals surface area contributed by atoms with Crippen LogP contribution in [0.2, 0.25) is 0 Å². The largest absolute Gasteiger partial charge is 0.458 e. The molecule has 1 heterocycles. The van der Waals surface area contributed by atoms with E-state index in [9.17, 15) is 9.59 Å². The zero-order chi connectivity index (χ0) is 12.1. The number of ether oxygens (including phenoxy) is 4. The first-order chi connectivity index (χ1) is 7.54. The van der Waals surface area contributed by atoms with Crippen LogP contribution >= 0.6 is 0 Å². The van der Waals surface area contributed by atoms with Crippen molar-refractivity contribution in [1.82, 2.24) is 0 Å². The lowest BCUT2D eigenvalue weighted by Crippen LogP contribution is -2.49. The smallest absolute Gasteiger partial charge is 0.303 e. The van der Waals surface area contributed by atoms with Gasteiger partial charge in [0, 0.05) is 27.4 Å². The minimum atomic E-state index is -0.708. The highest BCUT2D eigenvalue weighted by molar-refractivity contribution is 5.67. The lowest BCUT2D eigenvalue weighted by molar-refractivity contribution is -0.247. The molecule has 0 spiro atoms. The number of carbonyl (C=O) groups is 2. The summed E-state index contributed by atoms with van der Waals surface area (Å²) in [4.78, 5) is 21.8. The Morgan fingerprint density at radius 3 is 2.31 bits per heavy atom. The Bertz CT molecular complexity index is 264. The molecule has 0 saturated carbocycles. The Labute approximate surface area is 93.8 Å². The molecule has 6 nitrogen and oxygen atoms in total.